The van der Waals surface area contributed by atoms with Crippen LogP contribution in [-0.2, 0) is 16.6 Å². The van der Waals surface area contributed by atoms with Crippen molar-refractivity contribution in [1.29, 1.82) is 0 Å². The van der Waals surface area contributed by atoms with Crippen LogP contribution in [0, 0.1) is 3.57 Å². The van der Waals surface area contributed by atoms with Gasteiger partial charge in [0.2, 0.25) is 0 Å². The Bertz CT molecular complexity index is 918. The molecule has 1 N–H and O–H groups in total. The van der Waals surface area contributed by atoms with E-state index in [4.69, 9.17) is 23.2 Å². The molecule has 0 atom stereocenters. The molecule has 0 aliphatic carbocycles. The third kappa shape index (κ3) is 3.15. The zero-order chi connectivity index (χ0) is 16.8. The van der Waals surface area contributed by atoms with E-state index in [0.717, 1.165) is 7.88 Å². The fourth-order valence-electron chi connectivity index (χ4n) is 2.27. The predicted octanol–water partition coefficient (Wildman–Crippen LogP) is 4.33. The molecule has 1 aliphatic rings. The first kappa shape index (κ1) is 16.8. The summed E-state index contributed by atoms with van der Waals surface area (Å²) in [5.41, 5.74) is 0.788. The van der Waals surface area contributed by atoms with Gasteiger partial charge in [-0.3, -0.25) is 0 Å². The summed E-state index contributed by atoms with van der Waals surface area (Å²) in [5.74, 6) is 0. The van der Waals surface area contributed by atoms with Crippen molar-refractivity contribution in [2.24, 2.45) is 0 Å². The van der Waals surface area contributed by atoms with Gasteiger partial charge in [0, 0.05) is 8.59 Å². The minimum absolute atomic E-state index is 0.0276. The van der Waals surface area contributed by atoms with E-state index in [9.17, 15) is 13.2 Å². The standard InChI is InChI=1S/C14H9Cl2IN2O3S/c15-9-5-11(16)13-12(6-9)18-14(20)19(23(13,21)22)7-8-2-1-3-10(17)4-8/h1-6H,7H2,(H,18,20). The number of benzene rings is 2. The summed E-state index contributed by atoms with van der Waals surface area (Å²) in [6.07, 6.45) is 0. The number of carbonyl (C=O) groups excluding carboxylic acids is 1. The zero-order valence-corrected chi connectivity index (χ0v) is 15.9. The summed E-state index contributed by atoms with van der Waals surface area (Å²) in [4.78, 5) is 12.1. The Balaban J connectivity index is 2.08. The average molecular weight is 483 g/mol. The molecular weight excluding hydrogens is 474 g/mol. The summed E-state index contributed by atoms with van der Waals surface area (Å²) in [7, 11) is -4.06. The predicted molar refractivity (Wildman–Crippen MR) is 97.4 cm³/mol. The summed E-state index contributed by atoms with van der Waals surface area (Å²) in [6.45, 7) is -0.0800. The van der Waals surface area contributed by atoms with Crippen LogP contribution in [-0.4, -0.2) is 18.8 Å². The first-order chi connectivity index (χ1) is 10.8. The minimum Gasteiger partial charge on any atom is -0.306 e. The Kier molecular flexibility index (Phi) is 4.47. The number of fused-ring (bicyclic) bond motifs is 1. The van der Waals surface area contributed by atoms with E-state index in [1.807, 2.05) is 12.1 Å². The lowest BCUT2D eigenvalue weighted by molar-refractivity contribution is 0.233. The highest BCUT2D eigenvalue weighted by molar-refractivity contribution is 14.1. The molecule has 23 heavy (non-hydrogen) atoms. The van der Waals surface area contributed by atoms with Gasteiger partial charge in [-0.1, -0.05) is 35.3 Å². The Morgan fingerprint density at radius 2 is 1.91 bits per heavy atom. The van der Waals surface area contributed by atoms with Gasteiger partial charge in [-0.05, 0) is 52.4 Å². The first-order valence-corrected chi connectivity index (χ1v) is 9.64. The van der Waals surface area contributed by atoms with Gasteiger partial charge in [-0.25, -0.2) is 17.5 Å². The normalized spacial score (nSPS) is 16.0. The molecule has 5 nitrogen and oxygen atoms in total. The van der Waals surface area contributed by atoms with Crippen LogP contribution >= 0.6 is 45.8 Å². The van der Waals surface area contributed by atoms with Crippen LogP contribution in [0.5, 0.6) is 0 Å². The maximum atomic E-state index is 12.8. The van der Waals surface area contributed by atoms with Crippen molar-refractivity contribution in [2.75, 3.05) is 5.32 Å². The van der Waals surface area contributed by atoms with E-state index in [2.05, 4.69) is 27.9 Å². The average Bonchev–Trinajstić information content (AvgIpc) is 2.42. The third-order valence-corrected chi connectivity index (χ3v) is 6.37. The molecule has 120 valence electrons. The molecule has 0 unspecified atom stereocenters. The molecule has 3 rings (SSSR count). The van der Waals surface area contributed by atoms with E-state index in [1.54, 1.807) is 12.1 Å². The summed E-state index contributed by atoms with van der Waals surface area (Å²) in [6, 6.07) is 9.19. The molecule has 0 aromatic heterocycles. The fraction of sp³-hybridized carbons (Fsp3) is 0.0714. The maximum Gasteiger partial charge on any atom is 0.336 e. The van der Waals surface area contributed by atoms with Gasteiger partial charge in [0.1, 0.15) is 4.90 Å². The Morgan fingerprint density at radius 3 is 2.61 bits per heavy atom. The second kappa shape index (κ2) is 6.12. The largest absolute Gasteiger partial charge is 0.336 e. The number of carbonyl (C=O) groups is 1. The summed E-state index contributed by atoms with van der Waals surface area (Å²) in [5, 5.41) is 2.74. The van der Waals surface area contributed by atoms with Gasteiger partial charge in [0.15, 0.2) is 0 Å². The molecule has 0 spiro atoms. The highest BCUT2D eigenvalue weighted by atomic mass is 127. The van der Waals surface area contributed by atoms with Crippen LogP contribution < -0.4 is 5.32 Å². The molecule has 1 heterocycles. The monoisotopic (exact) mass is 482 g/mol. The van der Waals surface area contributed by atoms with Crippen LogP contribution in [0.25, 0.3) is 0 Å². The van der Waals surface area contributed by atoms with E-state index < -0.39 is 16.1 Å². The molecule has 2 aromatic rings. The van der Waals surface area contributed by atoms with E-state index >= 15 is 0 Å². The number of hydrogen-bond acceptors (Lipinski definition) is 3. The number of nitrogens with one attached hydrogen (secondary N) is 1. The van der Waals surface area contributed by atoms with E-state index in [0.29, 0.717) is 5.56 Å². The number of amides is 2. The molecule has 0 fully saturated rings. The Labute approximate surface area is 156 Å². The van der Waals surface area contributed by atoms with Gasteiger partial charge >= 0.3 is 6.03 Å². The van der Waals surface area contributed by atoms with Crippen molar-refractivity contribution in [3.05, 3.63) is 55.6 Å². The second-order valence-electron chi connectivity index (χ2n) is 4.84. The summed E-state index contributed by atoms with van der Waals surface area (Å²) < 4.78 is 27.3. The van der Waals surface area contributed by atoms with Crippen molar-refractivity contribution in [3.63, 3.8) is 0 Å². The molecule has 0 saturated heterocycles. The number of halogens is 3. The molecule has 0 radical (unpaired) electrons. The number of anilines is 1. The highest BCUT2D eigenvalue weighted by Gasteiger charge is 2.38. The van der Waals surface area contributed by atoms with Crippen molar-refractivity contribution in [3.8, 4) is 0 Å². The lowest BCUT2D eigenvalue weighted by Crippen LogP contribution is -2.43. The number of rotatable bonds is 2. The van der Waals surface area contributed by atoms with Gasteiger partial charge < -0.3 is 5.32 Å². The quantitative estimate of drug-likeness (QED) is 0.647. The van der Waals surface area contributed by atoms with Gasteiger partial charge in [0.05, 0.1) is 17.3 Å². The molecular formula is C14H9Cl2IN2O3S. The molecule has 9 heteroatoms. The topological polar surface area (TPSA) is 66.5 Å². The van der Waals surface area contributed by atoms with Crippen LogP contribution in [0.3, 0.4) is 0 Å². The third-order valence-electron chi connectivity index (χ3n) is 3.24. The lowest BCUT2D eigenvalue weighted by Gasteiger charge is -2.29. The van der Waals surface area contributed by atoms with E-state index in [1.165, 1.54) is 12.1 Å². The zero-order valence-electron chi connectivity index (χ0n) is 11.4. The molecule has 0 bridgehead atoms. The van der Waals surface area contributed by atoms with Crippen molar-refractivity contribution < 1.29 is 13.2 Å². The molecule has 0 saturated carbocycles. The van der Waals surface area contributed by atoms with Gasteiger partial charge in [0.25, 0.3) is 10.0 Å². The Hall–Kier alpha value is -1.03. The first-order valence-electron chi connectivity index (χ1n) is 6.36. The van der Waals surface area contributed by atoms with Crippen molar-refractivity contribution >= 4 is 67.5 Å². The number of urea groups is 1. The maximum absolute atomic E-state index is 12.8. The fourth-order valence-corrected chi connectivity index (χ4v) is 5.16. The smallest absolute Gasteiger partial charge is 0.306 e. The van der Waals surface area contributed by atoms with Crippen LogP contribution in [0.2, 0.25) is 10.0 Å². The van der Waals surface area contributed by atoms with Crippen LogP contribution in [0.15, 0.2) is 41.3 Å². The van der Waals surface area contributed by atoms with Gasteiger partial charge in [-0.2, -0.15) is 0 Å². The molecule has 2 aromatic carbocycles. The lowest BCUT2D eigenvalue weighted by atomic mass is 10.2. The SMILES string of the molecule is O=C1Nc2cc(Cl)cc(Cl)c2S(=O)(=O)N1Cc1cccc(I)c1. The number of sulfonamides is 1. The van der Waals surface area contributed by atoms with Crippen LogP contribution in [0.4, 0.5) is 10.5 Å². The highest BCUT2D eigenvalue weighted by Crippen LogP contribution is 2.38. The Morgan fingerprint density at radius 1 is 1.17 bits per heavy atom. The van der Waals surface area contributed by atoms with Crippen LogP contribution in [0.1, 0.15) is 5.56 Å². The molecule has 2 amide bonds. The van der Waals surface area contributed by atoms with Crippen molar-refractivity contribution in [2.45, 2.75) is 11.4 Å². The molecule has 1 aliphatic heterocycles. The van der Waals surface area contributed by atoms with Gasteiger partial charge in [-0.15, -0.1) is 0 Å². The van der Waals surface area contributed by atoms with E-state index in [-0.39, 0.29) is 27.2 Å². The minimum atomic E-state index is -4.06. The summed E-state index contributed by atoms with van der Waals surface area (Å²) >= 11 is 14.0. The van der Waals surface area contributed by atoms with Crippen molar-refractivity contribution in [1.82, 2.24) is 4.31 Å². The number of hydrogen-bond donors (Lipinski definition) is 1. The number of nitrogens with zero attached hydrogens (tertiary/aromatic N) is 1. The second-order valence-corrected chi connectivity index (χ2v) is 8.72.